The summed E-state index contributed by atoms with van der Waals surface area (Å²) in [5, 5.41) is 1.79. The zero-order chi connectivity index (χ0) is 26.7. The van der Waals surface area contributed by atoms with Gasteiger partial charge in [0.05, 0.1) is 24.2 Å². The van der Waals surface area contributed by atoms with Crippen LogP contribution in [0, 0.1) is 5.92 Å². The molecule has 194 valence electrons. The number of nitrogens with one attached hydrogen (secondary N) is 1. The number of amides is 2. The average Bonchev–Trinajstić information content (AvgIpc) is 3.06. The van der Waals surface area contributed by atoms with Crippen LogP contribution in [0.1, 0.15) is 53.7 Å². The summed E-state index contributed by atoms with van der Waals surface area (Å²) in [7, 11) is 0. The normalized spacial score (nSPS) is 18.2. The summed E-state index contributed by atoms with van der Waals surface area (Å²) in [5.74, 6) is -1.56. The van der Waals surface area contributed by atoms with Crippen LogP contribution in [0.15, 0.2) is 53.5 Å². The molecule has 2 aromatic rings. The lowest BCUT2D eigenvalue weighted by atomic mass is 9.83. The van der Waals surface area contributed by atoms with E-state index in [2.05, 4.69) is 4.99 Å². The molecule has 36 heavy (non-hydrogen) atoms. The summed E-state index contributed by atoms with van der Waals surface area (Å²) in [5.41, 5.74) is 3.55. The van der Waals surface area contributed by atoms with Crippen molar-refractivity contribution in [3.63, 3.8) is 0 Å². The first-order valence-electron chi connectivity index (χ1n) is 11.3. The van der Waals surface area contributed by atoms with Gasteiger partial charge in [0.2, 0.25) is 0 Å². The van der Waals surface area contributed by atoms with Crippen LogP contribution in [0.25, 0.3) is 0 Å². The highest BCUT2D eigenvalue weighted by Gasteiger charge is 2.48. The number of rotatable bonds is 9. The fraction of sp³-hybridized carbons (Fsp3) is 0.400. The number of halogens is 5. The number of nitrogens with zero attached hydrogens (tertiary/aromatic N) is 2. The standard InChI is InChI=1S/C25H27F5N4O2/c1-15(2)10-11-24(17-6-4-3-5-7-17)22(36)34(23(31)33-24)14-16-8-9-19(25(28,29)30)18(12-16)21(35)32-13-20(26)27/h3-9,12,15,20H,10-11,13-14H2,1-2H3,(H2,31,33)(H,32,35). The molecule has 2 aromatic carbocycles. The van der Waals surface area contributed by atoms with E-state index in [1.165, 1.54) is 0 Å². The molecule has 1 unspecified atom stereocenters. The highest BCUT2D eigenvalue weighted by Crippen LogP contribution is 2.39. The molecule has 0 spiro atoms. The van der Waals surface area contributed by atoms with Crippen molar-refractivity contribution >= 4 is 17.8 Å². The summed E-state index contributed by atoms with van der Waals surface area (Å²) in [6.45, 7) is 2.66. The molecule has 1 heterocycles. The number of alkyl halides is 5. The molecule has 0 saturated heterocycles. The summed E-state index contributed by atoms with van der Waals surface area (Å²) in [4.78, 5) is 31.6. The molecule has 0 fully saturated rings. The van der Waals surface area contributed by atoms with E-state index in [0.29, 0.717) is 24.5 Å². The molecule has 0 bridgehead atoms. The van der Waals surface area contributed by atoms with Crippen molar-refractivity contribution in [3.8, 4) is 0 Å². The van der Waals surface area contributed by atoms with Gasteiger partial charge in [0.15, 0.2) is 11.5 Å². The predicted molar refractivity (Wildman–Crippen MR) is 124 cm³/mol. The largest absolute Gasteiger partial charge is 0.417 e. The summed E-state index contributed by atoms with van der Waals surface area (Å²) < 4.78 is 65.4. The van der Waals surface area contributed by atoms with E-state index < -0.39 is 47.6 Å². The van der Waals surface area contributed by atoms with Gasteiger partial charge in [0.1, 0.15) is 0 Å². The molecule has 11 heteroatoms. The van der Waals surface area contributed by atoms with Crippen molar-refractivity contribution in [2.45, 2.75) is 51.4 Å². The molecule has 6 nitrogen and oxygen atoms in total. The van der Waals surface area contributed by atoms with Crippen molar-refractivity contribution in [1.82, 2.24) is 10.2 Å². The third kappa shape index (κ3) is 5.83. The molecule has 1 aliphatic heterocycles. The van der Waals surface area contributed by atoms with E-state index in [0.717, 1.165) is 17.0 Å². The van der Waals surface area contributed by atoms with Crippen molar-refractivity contribution in [2.75, 3.05) is 6.54 Å². The van der Waals surface area contributed by atoms with Gasteiger partial charge in [-0.3, -0.25) is 14.5 Å². The Hall–Kier alpha value is -3.50. The van der Waals surface area contributed by atoms with Crippen LogP contribution >= 0.6 is 0 Å². The molecule has 3 rings (SSSR count). The van der Waals surface area contributed by atoms with E-state index in [9.17, 15) is 31.5 Å². The minimum atomic E-state index is -4.89. The van der Waals surface area contributed by atoms with Crippen molar-refractivity contribution in [3.05, 3.63) is 70.8 Å². The molecule has 0 aromatic heterocycles. The van der Waals surface area contributed by atoms with Gasteiger partial charge in [-0.2, -0.15) is 13.2 Å². The Bertz CT molecular complexity index is 1140. The second-order valence-electron chi connectivity index (χ2n) is 9.00. The first-order valence-corrected chi connectivity index (χ1v) is 11.3. The van der Waals surface area contributed by atoms with Crippen LogP contribution < -0.4 is 11.1 Å². The number of carbonyl (C=O) groups excluding carboxylic acids is 2. The third-order valence-corrected chi connectivity index (χ3v) is 5.91. The van der Waals surface area contributed by atoms with Crippen LogP contribution in [-0.2, 0) is 23.1 Å². The molecular weight excluding hydrogens is 483 g/mol. The molecule has 0 saturated carbocycles. The number of carbonyl (C=O) groups is 2. The maximum Gasteiger partial charge on any atom is 0.417 e. The molecule has 1 atom stereocenters. The van der Waals surface area contributed by atoms with E-state index in [1.54, 1.807) is 35.6 Å². The van der Waals surface area contributed by atoms with Gasteiger partial charge in [0.25, 0.3) is 18.2 Å². The van der Waals surface area contributed by atoms with E-state index in [-0.39, 0.29) is 24.0 Å². The van der Waals surface area contributed by atoms with Gasteiger partial charge in [0, 0.05) is 0 Å². The summed E-state index contributed by atoms with van der Waals surface area (Å²) >= 11 is 0. The van der Waals surface area contributed by atoms with Gasteiger partial charge in [-0.05, 0) is 42.0 Å². The fourth-order valence-electron chi connectivity index (χ4n) is 4.06. The number of aliphatic imine (C=N–C) groups is 1. The highest BCUT2D eigenvalue weighted by atomic mass is 19.4. The van der Waals surface area contributed by atoms with Gasteiger partial charge in [-0.15, -0.1) is 0 Å². The average molecular weight is 511 g/mol. The molecular formula is C25H27F5N4O2. The van der Waals surface area contributed by atoms with Gasteiger partial charge in [-0.25, -0.2) is 13.8 Å². The number of guanidine groups is 1. The van der Waals surface area contributed by atoms with Crippen LogP contribution in [0.3, 0.4) is 0 Å². The minimum absolute atomic E-state index is 0.101. The van der Waals surface area contributed by atoms with Crippen molar-refractivity contribution < 1.29 is 31.5 Å². The molecule has 1 aliphatic rings. The van der Waals surface area contributed by atoms with Gasteiger partial charge >= 0.3 is 6.18 Å². The Labute approximate surface area is 205 Å². The SMILES string of the molecule is CC(C)CCC1(c2ccccc2)N=C(N)N(Cc2ccc(C(F)(F)F)c(C(=O)NCC(F)F)c2)C1=O. The second-order valence-corrected chi connectivity index (χ2v) is 9.00. The molecule has 3 N–H and O–H groups in total. The number of hydrogen-bond donors (Lipinski definition) is 2. The number of hydrogen-bond acceptors (Lipinski definition) is 4. The lowest BCUT2D eigenvalue weighted by Crippen LogP contribution is -2.42. The van der Waals surface area contributed by atoms with E-state index in [4.69, 9.17) is 5.73 Å². The fourth-order valence-corrected chi connectivity index (χ4v) is 4.06. The smallest absolute Gasteiger partial charge is 0.369 e. The maximum absolute atomic E-state index is 13.7. The Morgan fingerprint density at radius 2 is 1.81 bits per heavy atom. The Balaban J connectivity index is 1.95. The number of benzene rings is 2. The van der Waals surface area contributed by atoms with Crippen LogP contribution in [0.5, 0.6) is 0 Å². The molecule has 0 radical (unpaired) electrons. The maximum atomic E-state index is 13.7. The first-order chi connectivity index (χ1) is 16.8. The third-order valence-electron chi connectivity index (χ3n) is 5.91. The van der Waals surface area contributed by atoms with E-state index >= 15 is 0 Å². The van der Waals surface area contributed by atoms with Crippen molar-refractivity contribution in [1.29, 1.82) is 0 Å². The zero-order valence-electron chi connectivity index (χ0n) is 19.8. The van der Waals surface area contributed by atoms with Crippen LogP contribution in [-0.4, -0.2) is 35.6 Å². The summed E-state index contributed by atoms with van der Waals surface area (Å²) in [6.07, 6.45) is -6.78. The van der Waals surface area contributed by atoms with Crippen molar-refractivity contribution in [2.24, 2.45) is 16.6 Å². The summed E-state index contributed by atoms with van der Waals surface area (Å²) in [6, 6.07) is 11.6. The lowest BCUT2D eigenvalue weighted by Gasteiger charge is -2.27. The van der Waals surface area contributed by atoms with Gasteiger partial charge in [-0.1, -0.05) is 50.2 Å². The zero-order valence-corrected chi connectivity index (χ0v) is 19.8. The molecule has 2 amide bonds. The van der Waals surface area contributed by atoms with Crippen LogP contribution in [0.2, 0.25) is 0 Å². The molecule has 0 aliphatic carbocycles. The van der Waals surface area contributed by atoms with E-state index in [1.807, 2.05) is 13.8 Å². The van der Waals surface area contributed by atoms with Crippen LogP contribution in [0.4, 0.5) is 22.0 Å². The quantitative estimate of drug-likeness (QED) is 0.480. The predicted octanol–water partition coefficient (Wildman–Crippen LogP) is 4.69. The minimum Gasteiger partial charge on any atom is -0.369 e. The second kappa shape index (κ2) is 10.6. The monoisotopic (exact) mass is 510 g/mol. The lowest BCUT2D eigenvalue weighted by molar-refractivity contribution is -0.138. The Morgan fingerprint density at radius 3 is 2.39 bits per heavy atom. The topological polar surface area (TPSA) is 87.8 Å². The highest BCUT2D eigenvalue weighted by molar-refractivity contribution is 6.07. The Morgan fingerprint density at radius 1 is 1.14 bits per heavy atom. The Kier molecular flexibility index (Phi) is 8.00. The number of nitrogens with two attached hydrogens (primary N) is 1. The van der Waals surface area contributed by atoms with Gasteiger partial charge < -0.3 is 11.1 Å². The first kappa shape index (κ1) is 27.1.